The number of aryl methyl sites for hydroxylation is 1. The van der Waals surface area contributed by atoms with E-state index in [1.54, 1.807) is 0 Å². The van der Waals surface area contributed by atoms with Crippen LogP contribution in [-0.4, -0.2) is 60.0 Å². The third-order valence-corrected chi connectivity index (χ3v) is 7.26. The summed E-state index contributed by atoms with van der Waals surface area (Å²) in [5.41, 5.74) is 1.90. The van der Waals surface area contributed by atoms with Crippen LogP contribution in [0.3, 0.4) is 0 Å². The molecule has 1 aromatic carbocycles. The van der Waals surface area contributed by atoms with Crippen LogP contribution in [0.4, 0.5) is 0 Å². The minimum atomic E-state index is 0.124. The van der Waals surface area contributed by atoms with Gasteiger partial charge < -0.3 is 14.6 Å². The summed E-state index contributed by atoms with van der Waals surface area (Å²) in [4.78, 5) is 22.3. The number of hydrogen-bond acceptors (Lipinski definition) is 5. The zero-order valence-corrected chi connectivity index (χ0v) is 20.7. The van der Waals surface area contributed by atoms with Crippen molar-refractivity contribution in [3.8, 4) is 11.5 Å². The Morgan fingerprint density at radius 1 is 1.15 bits per heavy atom. The molecule has 1 amide bonds. The molecule has 180 valence electrons. The van der Waals surface area contributed by atoms with E-state index >= 15 is 0 Å². The average molecular weight is 473 g/mol. The normalized spacial score (nSPS) is 20.8. The maximum absolute atomic E-state index is 12.6. The lowest BCUT2D eigenvalue weighted by Gasteiger charge is -2.31. The number of piperidine rings is 2. The molecule has 2 fully saturated rings. The number of hydrogen-bond donors (Lipinski definition) is 1. The van der Waals surface area contributed by atoms with Crippen molar-refractivity contribution in [2.75, 3.05) is 39.3 Å². The van der Waals surface area contributed by atoms with Crippen LogP contribution in [0.5, 0.6) is 0 Å². The summed E-state index contributed by atoms with van der Waals surface area (Å²) < 4.78 is 5.90. The average Bonchev–Trinajstić information content (AvgIpc) is 3.17. The predicted molar refractivity (Wildman–Crippen MR) is 132 cm³/mol. The lowest BCUT2D eigenvalue weighted by atomic mass is 9.95. The van der Waals surface area contributed by atoms with Crippen LogP contribution in [0.25, 0.3) is 11.5 Å². The Morgan fingerprint density at radius 2 is 1.91 bits per heavy atom. The fraction of sp³-hybridized carbons (Fsp3) is 0.615. The van der Waals surface area contributed by atoms with E-state index in [0.29, 0.717) is 10.9 Å². The number of carbonyl (C=O) groups is 1. The van der Waals surface area contributed by atoms with Gasteiger partial charge in [0.15, 0.2) is 0 Å². The van der Waals surface area contributed by atoms with Crippen molar-refractivity contribution in [3.05, 3.63) is 40.7 Å². The molecule has 6 nitrogen and oxygen atoms in total. The third kappa shape index (κ3) is 6.81. The van der Waals surface area contributed by atoms with Crippen LogP contribution in [0, 0.1) is 18.8 Å². The van der Waals surface area contributed by atoms with Crippen molar-refractivity contribution >= 4 is 17.5 Å². The lowest BCUT2D eigenvalue weighted by molar-refractivity contribution is -0.126. The summed E-state index contributed by atoms with van der Waals surface area (Å²) in [6, 6.07) is 7.54. The Hall–Kier alpha value is -1.89. The van der Waals surface area contributed by atoms with E-state index in [0.717, 1.165) is 74.9 Å². The molecule has 0 saturated carbocycles. The smallest absolute Gasteiger partial charge is 0.226 e. The zero-order chi connectivity index (χ0) is 23.2. The molecular weight excluding hydrogens is 436 g/mol. The number of rotatable bonds is 8. The number of nitrogens with zero attached hydrogens (tertiary/aromatic N) is 3. The first kappa shape index (κ1) is 24.2. The molecule has 0 bridgehead atoms. The first-order valence-electron chi connectivity index (χ1n) is 12.4. The van der Waals surface area contributed by atoms with Gasteiger partial charge in [0.2, 0.25) is 11.8 Å². The Labute approximate surface area is 202 Å². The number of aromatic nitrogens is 1. The van der Waals surface area contributed by atoms with Crippen molar-refractivity contribution in [1.29, 1.82) is 0 Å². The fourth-order valence-electron chi connectivity index (χ4n) is 5.00. The van der Waals surface area contributed by atoms with Gasteiger partial charge in [0.25, 0.3) is 0 Å². The molecule has 0 radical (unpaired) electrons. The van der Waals surface area contributed by atoms with Crippen LogP contribution < -0.4 is 5.32 Å². The van der Waals surface area contributed by atoms with Crippen molar-refractivity contribution < 1.29 is 9.21 Å². The monoisotopic (exact) mass is 472 g/mol. The Kier molecular flexibility index (Phi) is 8.45. The van der Waals surface area contributed by atoms with E-state index in [2.05, 4.69) is 22.0 Å². The highest BCUT2D eigenvalue weighted by atomic mass is 35.5. The summed E-state index contributed by atoms with van der Waals surface area (Å²) in [6.45, 7) is 11.2. The first-order chi connectivity index (χ1) is 16.0. The maximum atomic E-state index is 12.6. The van der Waals surface area contributed by atoms with Gasteiger partial charge in [0.05, 0.1) is 5.69 Å². The van der Waals surface area contributed by atoms with Crippen molar-refractivity contribution in [2.45, 2.75) is 52.5 Å². The minimum absolute atomic E-state index is 0.124. The highest BCUT2D eigenvalue weighted by Crippen LogP contribution is 2.25. The van der Waals surface area contributed by atoms with Crippen molar-refractivity contribution in [1.82, 2.24) is 20.1 Å². The highest BCUT2D eigenvalue weighted by Gasteiger charge is 2.26. The van der Waals surface area contributed by atoms with Crippen LogP contribution in [-0.2, 0) is 11.3 Å². The molecule has 2 aromatic rings. The van der Waals surface area contributed by atoms with Gasteiger partial charge >= 0.3 is 0 Å². The van der Waals surface area contributed by atoms with Gasteiger partial charge in [0.1, 0.15) is 5.76 Å². The van der Waals surface area contributed by atoms with E-state index in [-0.39, 0.29) is 11.8 Å². The molecule has 33 heavy (non-hydrogen) atoms. The quantitative estimate of drug-likeness (QED) is 0.561. The number of amides is 1. The number of oxazole rings is 1. The second-order valence-electron chi connectivity index (χ2n) is 9.77. The van der Waals surface area contributed by atoms with Gasteiger partial charge in [-0.1, -0.05) is 18.5 Å². The van der Waals surface area contributed by atoms with Crippen LogP contribution >= 0.6 is 11.6 Å². The molecular formula is C26H37ClN4O2. The summed E-state index contributed by atoms with van der Waals surface area (Å²) in [5, 5.41) is 3.88. The number of benzene rings is 1. The fourth-order valence-corrected chi connectivity index (χ4v) is 5.13. The molecule has 4 rings (SSSR count). The molecule has 1 atom stereocenters. The largest absolute Gasteiger partial charge is 0.441 e. The van der Waals surface area contributed by atoms with Crippen LogP contribution in [0.2, 0.25) is 5.02 Å². The molecule has 2 aliphatic rings. The van der Waals surface area contributed by atoms with Crippen LogP contribution in [0.15, 0.2) is 28.7 Å². The van der Waals surface area contributed by atoms with Gasteiger partial charge in [0, 0.05) is 36.1 Å². The topological polar surface area (TPSA) is 61.6 Å². The standard InChI is InChI=1S/C26H37ClN4O2/c1-19-5-3-13-30(17-19)14-4-12-28-25(32)21-10-15-31(16-11-21)18-24-20(2)33-26(29-24)22-6-8-23(27)9-7-22/h6-9,19,21H,3-5,10-18H2,1-2H3,(H,28,32)/t19-/m1/s1. The summed E-state index contributed by atoms with van der Waals surface area (Å²) >= 11 is 5.98. The van der Waals surface area contributed by atoms with Crippen molar-refractivity contribution in [3.63, 3.8) is 0 Å². The summed E-state index contributed by atoms with van der Waals surface area (Å²) in [6.07, 6.45) is 5.50. The molecule has 2 aliphatic heterocycles. The molecule has 1 aromatic heterocycles. The van der Waals surface area contributed by atoms with Gasteiger partial charge in [-0.15, -0.1) is 0 Å². The van der Waals surface area contributed by atoms with E-state index < -0.39 is 0 Å². The van der Waals surface area contributed by atoms with E-state index in [4.69, 9.17) is 21.0 Å². The second-order valence-corrected chi connectivity index (χ2v) is 10.2. The molecule has 2 saturated heterocycles. The number of carbonyl (C=O) groups excluding carboxylic acids is 1. The summed E-state index contributed by atoms with van der Waals surface area (Å²) in [7, 11) is 0. The van der Waals surface area contributed by atoms with Crippen LogP contribution in [0.1, 0.15) is 50.5 Å². The molecule has 0 aliphatic carbocycles. The van der Waals surface area contributed by atoms with Crippen molar-refractivity contribution in [2.24, 2.45) is 11.8 Å². The Bertz CT molecular complexity index is 906. The third-order valence-electron chi connectivity index (χ3n) is 7.01. The lowest BCUT2D eigenvalue weighted by Crippen LogP contribution is -2.41. The molecule has 7 heteroatoms. The van der Waals surface area contributed by atoms with E-state index in [1.165, 1.54) is 25.9 Å². The predicted octanol–water partition coefficient (Wildman–Crippen LogP) is 4.75. The molecule has 0 spiro atoms. The second kappa shape index (κ2) is 11.5. The maximum Gasteiger partial charge on any atom is 0.226 e. The summed E-state index contributed by atoms with van der Waals surface area (Å²) in [5.74, 6) is 2.64. The Morgan fingerprint density at radius 3 is 2.64 bits per heavy atom. The van der Waals surface area contributed by atoms with E-state index in [1.807, 2.05) is 31.2 Å². The molecule has 3 heterocycles. The first-order valence-corrected chi connectivity index (χ1v) is 12.8. The zero-order valence-electron chi connectivity index (χ0n) is 20.0. The number of halogens is 1. The van der Waals surface area contributed by atoms with Gasteiger partial charge in [-0.2, -0.15) is 0 Å². The number of nitrogens with one attached hydrogen (secondary N) is 1. The number of likely N-dealkylation sites (tertiary alicyclic amines) is 2. The van der Waals surface area contributed by atoms with Gasteiger partial charge in [-0.25, -0.2) is 4.98 Å². The minimum Gasteiger partial charge on any atom is -0.441 e. The van der Waals surface area contributed by atoms with Gasteiger partial charge in [-0.05, 0) is 95.4 Å². The SMILES string of the molecule is Cc1oc(-c2ccc(Cl)cc2)nc1CN1CCC(C(=O)NCCCN2CCC[C@@H](C)C2)CC1. The molecule has 1 N–H and O–H groups in total. The Balaban J connectivity index is 1.17. The molecule has 0 unspecified atom stereocenters. The highest BCUT2D eigenvalue weighted by molar-refractivity contribution is 6.30. The van der Waals surface area contributed by atoms with E-state index in [9.17, 15) is 4.79 Å². The van der Waals surface area contributed by atoms with Gasteiger partial charge in [-0.3, -0.25) is 9.69 Å².